The Hall–Kier alpha value is -0.863. The summed E-state index contributed by atoms with van der Waals surface area (Å²) in [5, 5.41) is 13.8. The average Bonchev–Trinajstić information content (AvgIpc) is 2.73. The molecule has 0 fully saturated rings. The maximum absolute atomic E-state index is 12.7. The molecule has 1 aromatic heterocycles. The molecular formula is C14H25F3N2O2Si. The Bertz CT molecular complexity index is 470. The lowest BCUT2D eigenvalue weighted by Gasteiger charge is -2.17. The molecule has 0 aromatic carbocycles. The second-order valence-electron chi connectivity index (χ2n) is 6.61. The van der Waals surface area contributed by atoms with E-state index < -0.39 is 26.8 Å². The van der Waals surface area contributed by atoms with E-state index >= 15 is 0 Å². The fourth-order valence-corrected chi connectivity index (χ4v) is 2.70. The first-order valence-electron chi connectivity index (χ1n) is 7.40. The second kappa shape index (κ2) is 7.61. The SMILES string of the molecule is CCC(O)c1cnn(COCC[Si](C)(C)C)c1CC(F)(F)F. The number of rotatable bonds is 8. The Labute approximate surface area is 130 Å². The predicted molar refractivity (Wildman–Crippen MR) is 81.3 cm³/mol. The van der Waals surface area contributed by atoms with Crippen molar-refractivity contribution in [2.24, 2.45) is 0 Å². The van der Waals surface area contributed by atoms with E-state index in [1.165, 1.54) is 10.9 Å². The second-order valence-corrected chi connectivity index (χ2v) is 12.2. The largest absolute Gasteiger partial charge is 0.394 e. The highest BCUT2D eigenvalue weighted by Crippen LogP contribution is 2.28. The number of alkyl halides is 3. The lowest BCUT2D eigenvalue weighted by atomic mass is 10.1. The molecule has 1 N–H and O–H groups in total. The average molecular weight is 338 g/mol. The molecule has 1 atom stereocenters. The minimum atomic E-state index is -4.35. The van der Waals surface area contributed by atoms with Gasteiger partial charge in [-0.1, -0.05) is 26.6 Å². The fourth-order valence-electron chi connectivity index (χ4n) is 1.95. The van der Waals surface area contributed by atoms with E-state index in [0.717, 1.165) is 6.04 Å². The van der Waals surface area contributed by atoms with Crippen LogP contribution in [0, 0.1) is 0 Å². The van der Waals surface area contributed by atoms with Crippen molar-refractivity contribution >= 4 is 8.07 Å². The van der Waals surface area contributed by atoms with Gasteiger partial charge in [0, 0.05) is 20.2 Å². The van der Waals surface area contributed by atoms with Crippen molar-refractivity contribution < 1.29 is 23.0 Å². The quantitative estimate of drug-likeness (QED) is 0.580. The molecule has 1 aromatic rings. The summed E-state index contributed by atoms with van der Waals surface area (Å²) in [7, 11) is -1.24. The Kier molecular flexibility index (Phi) is 6.63. The Morgan fingerprint density at radius 2 is 2.00 bits per heavy atom. The highest BCUT2D eigenvalue weighted by atomic mass is 28.3. The fraction of sp³-hybridized carbons (Fsp3) is 0.786. The van der Waals surface area contributed by atoms with Gasteiger partial charge >= 0.3 is 6.18 Å². The lowest BCUT2D eigenvalue weighted by Crippen LogP contribution is -2.23. The Balaban J connectivity index is 2.79. The van der Waals surface area contributed by atoms with Gasteiger partial charge in [0.2, 0.25) is 0 Å². The molecule has 0 spiro atoms. The first-order valence-corrected chi connectivity index (χ1v) is 11.1. The van der Waals surface area contributed by atoms with E-state index in [0.29, 0.717) is 13.0 Å². The first-order chi connectivity index (χ1) is 10.0. The van der Waals surface area contributed by atoms with Crippen molar-refractivity contribution in [2.75, 3.05) is 6.61 Å². The van der Waals surface area contributed by atoms with Gasteiger partial charge in [-0.3, -0.25) is 0 Å². The number of nitrogens with zero attached hydrogens (tertiary/aromatic N) is 2. The standard InChI is InChI=1S/C14H25F3N2O2Si/c1-5-13(20)11-9-18-19(12(11)8-14(15,16)17)10-21-6-7-22(2,3)4/h9,13,20H,5-8,10H2,1-4H3. The molecule has 0 aliphatic heterocycles. The van der Waals surface area contributed by atoms with E-state index in [4.69, 9.17) is 4.74 Å². The zero-order valence-corrected chi connectivity index (χ0v) is 14.6. The summed E-state index contributed by atoms with van der Waals surface area (Å²) in [6.07, 6.45) is -4.76. The summed E-state index contributed by atoms with van der Waals surface area (Å²) in [5.74, 6) is 0. The van der Waals surface area contributed by atoms with Crippen LogP contribution in [0.2, 0.25) is 25.7 Å². The number of aliphatic hydroxyl groups is 1. The van der Waals surface area contributed by atoms with Crippen molar-refractivity contribution in [3.63, 3.8) is 0 Å². The minimum absolute atomic E-state index is 0.0187. The van der Waals surface area contributed by atoms with E-state index in [1.54, 1.807) is 6.92 Å². The maximum atomic E-state index is 12.7. The number of hydrogen-bond donors (Lipinski definition) is 1. The zero-order chi connectivity index (χ0) is 17.0. The van der Waals surface area contributed by atoms with Crippen LogP contribution in [0.3, 0.4) is 0 Å². The van der Waals surface area contributed by atoms with Crippen molar-refractivity contribution in [3.8, 4) is 0 Å². The van der Waals surface area contributed by atoms with Crippen molar-refractivity contribution in [3.05, 3.63) is 17.5 Å². The zero-order valence-electron chi connectivity index (χ0n) is 13.6. The summed E-state index contributed by atoms with van der Waals surface area (Å²) in [5.41, 5.74) is 0.212. The molecule has 1 rings (SSSR count). The summed E-state index contributed by atoms with van der Waals surface area (Å²) in [6, 6.07) is 0.938. The summed E-state index contributed by atoms with van der Waals surface area (Å²) < 4.78 is 44.9. The van der Waals surface area contributed by atoms with Gasteiger partial charge in [-0.15, -0.1) is 0 Å². The highest BCUT2D eigenvalue weighted by molar-refractivity contribution is 6.76. The van der Waals surface area contributed by atoms with Crippen LogP contribution in [0.4, 0.5) is 13.2 Å². The van der Waals surface area contributed by atoms with Crippen LogP contribution in [0.25, 0.3) is 0 Å². The number of aliphatic hydroxyl groups excluding tert-OH is 1. The van der Waals surface area contributed by atoms with Gasteiger partial charge in [-0.05, 0) is 12.5 Å². The van der Waals surface area contributed by atoms with Crippen molar-refractivity contribution in [1.82, 2.24) is 9.78 Å². The molecule has 0 aliphatic carbocycles. The monoisotopic (exact) mass is 338 g/mol. The van der Waals surface area contributed by atoms with E-state index in [-0.39, 0.29) is 18.0 Å². The molecule has 0 radical (unpaired) electrons. The molecule has 0 amide bonds. The van der Waals surface area contributed by atoms with Gasteiger partial charge in [0.05, 0.1) is 24.4 Å². The first kappa shape index (κ1) is 19.2. The van der Waals surface area contributed by atoms with Crippen LogP contribution in [-0.4, -0.2) is 35.7 Å². The molecule has 0 aliphatic rings. The van der Waals surface area contributed by atoms with Crippen molar-refractivity contribution in [2.45, 2.75) is 64.5 Å². The molecule has 0 saturated heterocycles. The summed E-state index contributed by atoms with van der Waals surface area (Å²) in [4.78, 5) is 0. The molecule has 1 heterocycles. The number of hydrogen-bond acceptors (Lipinski definition) is 3. The lowest BCUT2D eigenvalue weighted by molar-refractivity contribution is -0.129. The van der Waals surface area contributed by atoms with Crippen LogP contribution in [0.1, 0.15) is 30.7 Å². The highest BCUT2D eigenvalue weighted by Gasteiger charge is 2.32. The molecule has 1 unspecified atom stereocenters. The normalized spacial score (nSPS) is 14.4. The Morgan fingerprint density at radius 3 is 2.50 bits per heavy atom. The molecular weight excluding hydrogens is 313 g/mol. The molecule has 8 heteroatoms. The third-order valence-corrected chi connectivity index (χ3v) is 5.01. The number of halogens is 3. The third kappa shape index (κ3) is 6.49. The van der Waals surface area contributed by atoms with Crippen LogP contribution >= 0.6 is 0 Å². The summed E-state index contributed by atoms with van der Waals surface area (Å²) >= 11 is 0. The predicted octanol–water partition coefficient (Wildman–Crippen LogP) is 3.74. The number of ether oxygens (including phenoxy) is 1. The van der Waals surface area contributed by atoms with Gasteiger partial charge in [-0.2, -0.15) is 18.3 Å². The molecule has 4 nitrogen and oxygen atoms in total. The van der Waals surface area contributed by atoms with E-state index in [2.05, 4.69) is 24.7 Å². The van der Waals surface area contributed by atoms with Gasteiger partial charge in [-0.25, -0.2) is 4.68 Å². The topological polar surface area (TPSA) is 47.3 Å². The van der Waals surface area contributed by atoms with Crippen LogP contribution in [-0.2, 0) is 17.9 Å². The van der Waals surface area contributed by atoms with Gasteiger partial charge in [0.15, 0.2) is 0 Å². The maximum Gasteiger partial charge on any atom is 0.394 e. The molecule has 128 valence electrons. The Morgan fingerprint density at radius 1 is 1.36 bits per heavy atom. The van der Waals surface area contributed by atoms with Gasteiger partial charge in [0.1, 0.15) is 6.73 Å². The molecule has 0 bridgehead atoms. The molecule has 0 saturated carbocycles. The third-order valence-electron chi connectivity index (χ3n) is 3.30. The number of aromatic nitrogens is 2. The molecule has 22 heavy (non-hydrogen) atoms. The van der Waals surface area contributed by atoms with Crippen LogP contribution in [0.5, 0.6) is 0 Å². The van der Waals surface area contributed by atoms with E-state index in [9.17, 15) is 18.3 Å². The van der Waals surface area contributed by atoms with Gasteiger partial charge < -0.3 is 9.84 Å². The van der Waals surface area contributed by atoms with Crippen molar-refractivity contribution in [1.29, 1.82) is 0 Å². The van der Waals surface area contributed by atoms with Crippen LogP contribution < -0.4 is 0 Å². The van der Waals surface area contributed by atoms with E-state index in [1.807, 2.05) is 0 Å². The summed E-state index contributed by atoms with van der Waals surface area (Å²) in [6.45, 7) is 8.81. The smallest absolute Gasteiger partial charge is 0.388 e. The van der Waals surface area contributed by atoms with Crippen LogP contribution in [0.15, 0.2) is 6.20 Å². The minimum Gasteiger partial charge on any atom is -0.388 e. The van der Waals surface area contributed by atoms with Gasteiger partial charge in [0.25, 0.3) is 0 Å².